The van der Waals surface area contributed by atoms with E-state index in [1.54, 1.807) is 13.1 Å². The van der Waals surface area contributed by atoms with Crippen molar-refractivity contribution in [3.63, 3.8) is 0 Å². The van der Waals surface area contributed by atoms with Gasteiger partial charge in [-0.2, -0.15) is 0 Å². The van der Waals surface area contributed by atoms with Crippen molar-refractivity contribution in [2.24, 2.45) is 5.92 Å². The Morgan fingerprint density at radius 2 is 2.11 bits per heavy atom. The number of nitrogens with one attached hydrogen (secondary N) is 2. The maximum Gasteiger partial charge on any atom is 0.320 e. The average Bonchev–Trinajstić information content (AvgIpc) is 3.18. The third-order valence-corrected chi connectivity index (χ3v) is 6.77. The van der Waals surface area contributed by atoms with Crippen LogP contribution in [0.25, 0.3) is 22.4 Å². The van der Waals surface area contributed by atoms with Crippen molar-refractivity contribution in [1.82, 2.24) is 24.8 Å². The standard InChI is InChI=1S/C27H37N5O4/c1-17(2)5-7-22(27(34)35)28-13-19-6-8-24-23(12-19)30-25(20-11-18(3)26(33)29-14-20)32(24)16-21-15-31(4)9-10-36-21/h6,8,11-12,14,17,21-22,28H,5,7,9-10,13,15-16H2,1-4H3,(H,29,33)(H,34,35)/t21?,22-/m0/s1. The van der Waals surface area contributed by atoms with Crippen LogP contribution in [0.1, 0.15) is 37.8 Å². The molecule has 1 aliphatic heterocycles. The van der Waals surface area contributed by atoms with Gasteiger partial charge in [-0.3, -0.25) is 9.59 Å². The fourth-order valence-corrected chi connectivity index (χ4v) is 4.65. The van der Waals surface area contributed by atoms with Gasteiger partial charge in [-0.25, -0.2) is 4.98 Å². The van der Waals surface area contributed by atoms with Crippen LogP contribution in [0.15, 0.2) is 35.3 Å². The number of H-pyrrole nitrogens is 1. The van der Waals surface area contributed by atoms with Gasteiger partial charge >= 0.3 is 5.97 Å². The SMILES string of the molecule is Cc1cc(-c2nc3cc(CN[C@@H](CCC(C)C)C(=O)O)ccc3n2CC2CN(C)CCO2)c[nH]c1=O. The van der Waals surface area contributed by atoms with E-state index in [-0.39, 0.29) is 11.7 Å². The minimum Gasteiger partial charge on any atom is -0.480 e. The highest BCUT2D eigenvalue weighted by Crippen LogP contribution is 2.27. The number of carboxylic acid groups (broad SMARTS) is 1. The number of carboxylic acids is 1. The quantitative estimate of drug-likeness (QED) is 0.396. The number of morpholine rings is 1. The molecule has 1 aromatic carbocycles. The Morgan fingerprint density at radius 3 is 2.81 bits per heavy atom. The third kappa shape index (κ3) is 6.21. The Morgan fingerprint density at radius 1 is 1.31 bits per heavy atom. The van der Waals surface area contributed by atoms with Crippen LogP contribution in [0, 0.1) is 12.8 Å². The zero-order valence-electron chi connectivity index (χ0n) is 21.6. The molecule has 36 heavy (non-hydrogen) atoms. The molecule has 0 amide bonds. The molecule has 2 atom stereocenters. The van der Waals surface area contributed by atoms with Crippen molar-refractivity contribution in [3.8, 4) is 11.4 Å². The molecule has 9 heteroatoms. The lowest BCUT2D eigenvalue weighted by atomic mass is 10.0. The molecule has 0 spiro atoms. The molecule has 0 bridgehead atoms. The highest BCUT2D eigenvalue weighted by atomic mass is 16.5. The number of likely N-dealkylation sites (N-methyl/N-ethyl adjacent to an activating group) is 1. The van der Waals surface area contributed by atoms with E-state index in [4.69, 9.17) is 9.72 Å². The van der Waals surface area contributed by atoms with Crippen LogP contribution in [-0.2, 0) is 22.6 Å². The third-order valence-electron chi connectivity index (χ3n) is 6.77. The number of rotatable bonds is 10. The highest BCUT2D eigenvalue weighted by molar-refractivity contribution is 5.81. The first-order chi connectivity index (χ1) is 17.2. The van der Waals surface area contributed by atoms with Crippen molar-refractivity contribution in [3.05, 3.63) is 51.9 Å². The van der Waals surface area contributed by atoms with Gasteiger partial charge in [0.25, 0.3) is 5.56 Å². The smallest absolute Gasteiger partial charge is 0.320 e. The second-order valence-electron chi connectivity index (χ2n) is 10.3. The number of pyridine rings is 1. The maximum absolute atomic E-state index is 12.0. The van der Waals surface area contributed by atoms with Crippen LogP contribution in [0.4, 0.5) is 0 Å². The molecule has 4 rings (SSSR count). The number of ether oxygens (including phenoxy) is 1. The first-order valence-electron chi connectivity index (χ1n) is 12.7. The molecule has 0 aliphatic carbocycles. The van der Waals surface area contributed by atoms with Gasteiger partial charge in [-0.1, -0.05) is 19.9 Å². The summed E-state index contributed by atoms with van der Waals surface area (Å²) < 4.78 is 8.20. The van der Waals surface area contributed by atoms with E-state index in [0.29, 0.717) is 37.6 Å². The van der Waals surface area contributed by atoms with E-state index >= 15 is 0 Å². The number of benzene rings is 1. The molecule has 1 aliphatic rings. The molecule has 3 N–H and O–H groups in total. The monoisotopic (exact) mass is 495 g/mol. The van der Waals surface area contributed by atoms with Gasteiger partial charge in [0, 0.05) is 37.0 Å². The number of fused-ring (bicyclic) bond motifs is 1. The molecule has 3 aromatic rings. The number of nitrogens with zero attached hydrogens (tertiary/aromatic N) is 3. The van der Waals surface area contributed by atoms with Crippen molar-refractivity contribution < 1.29 is 14.6 Å². The van der Waals surface area contributed by atoms with Crippen LogP contribution in [0.2, 0.25) is 0 Å². The topological polar surface area (TPSA) is 112 Å². The number of aliphatic carboxylic acids is 1. The Balaban J connectivity index is 1.64. The van der Waals surface area contributed by atoms with Crippen LogP contribution in [0.5, 0.6) is 0 Å². The Labute approximate surface area is 211 Å². The molecule has 194 valence electrons. The summed E-state index contributed by atoms with van der Waals surface area (Å²) in [6, 6.07) is 7.35. The lowest BCUT2D eigenvalue weighted by Gasteiger charge is -2.30. The summed E-state index contributed by atoms with van der Waals surface area (Å²) in [7, 11) is 2.10. The Kier molecular flexibility index (Phi) is 8.23. The lowest BCUT2D eigenvalue weighted by molar-refractivity contribution is -0.139. The van der Waals surface area contributed by atoms with Gasteiger partial charge in [0.15, 0.2) is 0 Å². The maximum atomic E-state index is 12.0. The molecule has 1 saturated heterocycles. The van der Waals surface area contributed by atoms with E-state index in [1.807, 2.05) is 24.3 Å². The van der Waals surface area contributed by atoms with Gasteiger partial charge in [0.2, 0.25) is 0 Å². The minimum absolute atomic E-state index is 0.0300. The molecule has 9 nitrogen and oxygen atoms in total. The summed E-state index contributed by atoms with van der Waals surface area (Å²) in [6.07, 6.45) is 3.18. The van der Waals surface area contributed by atoms with Crippen LogP contribution in [0.3, 0.4) is 0 Å². The van der Waals surface area contributed by atoms with E-state index < -0.39 is 12.0 Å². The summed E-state index contributed by atoms with van der Waals surface area (Å²) >= 11 is 0. The van der Waals surface area contributed by atoms with Crippen molar-refractivity contribution in [2.45, 2.75) is 58.8 Å². The van der Waals surface area contributed by atoms with Gasteiger partial charge in [-0.05, 0) is 56.5 Å². The van der Waals surface area contributed by atoms with E-state index in [0.717, 1.165) is 47.5 Å². The molecular weight excluding hydrogens is 458 g/mol. The summed E-state index contributed by atoms with van der Waals surface area (Å²) in [5.41, 5.74) is 4.13. The van der Waals surface area contributed by atoms with Crippen molar-refractivity contribution >= 4 is 17.0 Å². The summed E-state index contributed by atoms with van der Waals surface area (Å²) in [5.74, 6) is 0.401. The molecule has 1 unspecified atom stereocenters. The highest BCUT2D eigenvalue weighted by Gasteiger charge is 2.23. The number of imidazole rings is 1. The number of aryl methyl sites for hydroxylation is 1. The Hall–Kier alpha value is -3.01. The summed E-state index contributed by atoms with van der Waals surface area (Å²) in [5, 5.41) is 12.8. The van der Waals surface area contributed by atoms with Crippen LogP contribution in [-0.4, -0.2) is 69.4 Å². The average molecular weight is 496 g/mol. The van der Waals surface area contributed by atoms with Crippen LogP contribution < -0.4 is 10.9 Å². The summed E-state index contributed by atoms with van der Waals surface area (Å²) in [6.45, 7) is 9.51. The molecular formula is C27H37N5O4. The van der Waals surface area contributed by atoms with E-state index in [2.05, 4.69) is 40.7 Å². The normalized spacial score (nSPS) is 17.6. The van der Waals surface area contributed by atoms with Gasteiger partial charge in [0.05, 0.1) is 30.3 Å². The second kappa shape index (κ2) is 11.4. The Bertz CT molecular complexity index is 1260. The van der Waals surface area contributed by atoms with E-state index in [1.165, 1.54) is 0 Å². The van der Waals surface area contributed by atoms with E-state index in [9.17, 15) is 14.7 Å². The largest absolute Gasteiger partial charge is 0.480 e. The molecule has 3 heterocycles. The molecule has 0 saturated carbocycles. The van der Waals surface area contributed by atoms with Gasteiger partial charge in [0.1, 0.15) is 11.9 Å². The first-order valence-corrected chi connectivity index (χ1v) is 12.7. The van der Waals surface area contributed by atoms with Crippen LogP contribution >= 0.6 is 0 Å². The molecule has 1 fully saturated rings. The predicted octanol–water partition coefficient (Wildman–Crippen LogP) is 3.01. The number of aromatic amines is 1. The summed E-state index contributed by atoms with van der Waals surface area (Å²) in [4.78, 5) is 33.7. The zero-order valence-corrected chi connectivity index (χ0v) is 21.6. The van der Waals surface area contributed by atoms with Crippen molar-refractivity contribution in [1.29, 1.82) is 0 Å². The number of carbonyl (C=O) groups is 1. The molecule has 0 radical (unpaired) electrons. The number of aromatic nitrogens is 3. The number of hydrogen-bond donors (Lipinski definition) is 3. The fourth-order valence-electron chi connectivity index (χ4n) is 4.65. The van der Waals surface area contributed by atoms with Crippen molar-refractivity contribution in [2.75, 3.05) is 26.7 Å². The van der Waals surface area contributed by atoms with Gasteiger partial charge in [-0.15, -0.1) is 0 Å². The van der Waals surface area contributed by atoms with Gasteiger partial charge < -0.3 is 29.6 Å². The fraction of sp³-hybridized carbons (Fsp3) is 0.519. The number of hydrogen-bond acceptors (Lipinski definition) is 6. The first kappa shape index (κ1) is 26.1. The second-order valence-corrected chi connectivity index (χ2v) is 10.3. The lowest BCUT2D eigenvalue weighted by Crippen LogP contribution is -2.42. The zero-order chi connectivity index (χ0) is 25.8. The molecule has 2 aromatic heterocycles. The predicted molar refractivity (Wildman–Crippen MR) is 140 cm³/mol. The minimum atomic E-state index is -0.825.